The Kier molecular flexibility index (Phi) is 4.01. The summed E-state index contributed by atoms with van der Waals surface area (Å²) in [6, 6.07) is 16.5. The Labute approximate surface area is 111 Å². The molecule has 0 radical (unpaired) electrons. The Morgan fingerprint density at radius 2 is 1.82 bits per heavy atom. The molecule has 0 fully saturated rings. The molecule has 0 atom stereocenters. The molecule has 0 aliphatic heterocycles. The fraction of sp³-hybridized carbons (Fsp3) is 0.125. The van der Waals surface area contributed by atoms with Crippen molar-refractivity contribution >= 4 is 15.9 Å². The topological polar surface area (TPSA) is 0 Å². The van der Waals surface area contributed by atoms with Crippen molar-refractivity contribution in [2.45, 2.75) is 12.3 Å². The zero-order valence-corrected chi connectivity index (χ0v) is 11.3. The summed E-state index contributed by atoms with van der Waals surface area (Å²) >= 11 is 3.48. The average molecular weight is 285 g/mol. The van der Waals surface area contributed by atoms with Gasteiger partial charge in [0, 0.05) is 16.5 Å². The molecular weight excluding hydrogens is 272 g/mol. The van der Waals surface area contributed by atoms with Crippen LogP contribution in [0.15, 0.2) is 48.5 Å². The van der Waals surface area contributed by atoms with E-state index in [0.29, 0.717) is 0 Å². The number of hydrogen-bond donors (Lipinski definition) is 0. The van der Waals surface area contributed by atoms with Crippen LogP contribution >= 0.6 is 15.9 Å². The summed E-state index contributed by atoms with van der Waals surface area (Å²) in [6.45, 7) is 2.08. The van der Waals surface area contributed by atoms with Crippen molar-refractivity contribution in [3.05, 3.63) is 70.8 Å². The highest BCUT2D eigenvalue weighted by molar-refractivity contribution is 9.08. The number of aryl methyl sites for hydroxylation is 1. The van der Waals surface area contributed by atoms with Crippen LogP contribution in [0.4, 0.5) is 0 Å². The molecule has 84 valence electrons. The predicted octanol–water partition coefficient (Wildman–Crippen LogP) is 4.29. The fourth-order valence-corrected chi connectivity index (χ4v) is 2.11. The first kappa shape index (κ1) is 12.0. The number of rotatable bonds is 1. The van der Waals surface area contributed by atoms with Gasteiger partial charge in [0.1, 0.15) is 0 Å². The van der Waals surface area contributed by atoms with Gasteiger partial charge in [0.05, 0.1) is 0 Å². The Balaban J connectivity index is 2.33. The van der Waals surface area contributed by atoms with Crippen molar-refractivity contribution in [3.63, 3.8) is 0 Å². The van der Waals surface area contributed by atoms with Gasteiger partial charge < -0.3 is 0 Å². The maximum atomic E-state index is 3.48. The van der Waals surface area contributed by atoms with E-state index in [1.54, 1.807) is 0 Å². The van der Waals surface area contributed by atoms with Crippen LogP contribution in [-0.2, 0) is 5.33 Å². The van der Waals surface area contributed by atoms with Gasteiger partial charge in [0.2, 0.25) is 0 Å². The van der Waals surface area contributed by atoms with Crippen LogP contribution in [0.1, 0.15) is 22.3 Å². The third-order valence-electron chi connectivity index (χ3n) is 2.52. The van der Waals surface area contributed by atoms with Gasteiger partial charge in [-0.25, -0.2) is 0 Å². The molecule has 0 heterocycles. The highest BCUT2D eigenvalue weighted by atomic mass is 79.9. The van der Waals surface area contributed by atoms with Crippen molar-refractivity contribution in [2.24, 2.45) is 0 Å². The maximum absolute atomic E-state index is 3.48. The summed E-state index contributed by atoms with van der Waals surface area (Å²) in [7, 11) is 0. The van der Waals surface area contributed by atoms with Gasteiger partial charge in [-0.1, -0.05) is 58.1 Å². The summed E-state index contributed by atoms with van der Waals surface area (Å²) in [4.78, 5) is 0. The Morgan fingerprint density at radius 1 is 1.00 bits per heavy atom. The predicted molar refractivity (Wildman–Crippen MR) is 76.2 cm³/mol. The minimum absolute atomic E-state index is 0.839. The third kappa shape index (κ3) is 3.22. The molecule has 2 aromatic rings. The monoisotopic (exact) mass is 284 g/mol. The minimum Gasteiger partial charge on any atom is -0.0876 e. The lowest BCUT2D eigenvalue weighted by Crippen LogP contribution is -1.84. The molecule has 0 aromatic heterocycles. The highest BCUT2D eigenvalue weighted by Crippen LogP contribution is 2.11. The summed E-state index contributed by atoms with van der Waals surface area (Å²) in [5, 5.41) is 0.839. The molecule has 2 aromatic carbocycles. The average Bonchev–Trinajstić information content (AvgIpc) is 2.37. The summed E-state index contributed by atoms with van der Waals surface area (Å²) in [6.07, 6.45) is 0. The standard InChI is InChI=1S/C16H13Br/c1-13-5-4-6-14(11-13)9-10-15-7-2-3-8-16(15)12-17/h2-8,11H,12H2,1H3. The first-order valence-electron chi connectivity index (χ1n) is 5.52. The first-order valence-corrected chi connectivity index (χ1v) is 6.64. The number of hydrogen-bond acceptors (Lipinski definition) is 0. The minimum atomic E-state index is 0.839. The lowest BCUT2D eigenvalue weighted by molar-refractivity contribution is 1.40. The first-order chi connectivity index (χ1) is 8.29. The molecule has 0 saturated heterocycles. The molecule has 17 heavy (non-hydrogen) atoms. The molecule has 0 N–H and O–H groups in total. The Hall–Kier alpha value is -1.52. The molecule has 1 heteroatoms. The quantitative estimate of drug-likeness (QED) is 0.541. The lowest BCUT2D eigenvalue weighted by Gasteiger charge is -1.98. The molecule has 0 aliphatic rings. The van der Waals surface area contributed by atoms with Gasteiger partial charge >= 0.3 is 0 Å². The van der Waals surface area contributed by atoms with Crippen molar-refractivity contribution in [3.8, 4) is 11.8 Å². The van der Waals surface area contributed by atoms with Crippen LogP contribution in [0.2, 0.25) is 0 Å². The van der Waals surface area contributed by atoms with Gasteiger partial charge in [0.25, 0.3) is 0 Å². The Morgan fingerprint density at radius 3 is 2.59 bits per heavy atom. The zero-order chi connectivity index (χ0) is 12.1. The second-order valence-electron chi connectivity index (χ2n) is 3.91. The third-order valence-corrected chi connectivity index (χ3v) is 3.13. The second kappa shape index (κ2) is 5.70. The molecule has 0 unspecified atom stereocenters. The number of alkyl halides is 1. The van der Waals surface area contributed by atoms with Gasteiger partial charge in [-0.05, 0) is 36.2 Å². The van der Waals surface area contributed by atoms with Gasteiger partial charge in [0.15, 0.2) is 0 Å². The van der Waals surface area contributed by atoms with E-state index in [9.17, 15) is 0 Å². The molecule has 0 spiro atoms. The fourth-order valence-electron chi connectivity index (χ4n) is 1.62. The van der Waals surface area contributed by atoms with E-state index in [4.69, 9.17) is 0 Å². The molecule has 0 nitrogen and oxygen atoms in total. The summed E-state index contributed by atoms with van der Waals surface area (Å²) in [5.41, 5.74) is 4.62. The molecule has 0 saturated carbocycles. The van der Waals surface area contributed by atoms with E-state index in [1.807, 2.05) is 24.3 Å². The molecule has 0 bridgehead atoms. The van der Waals surface area contributed by atoms with Gasteiger partial charge in [-0.3, -0.25) is 0 Å². The lowest BCUT2D eigenvalue weighted by atomic mass is 10.1. The summed E-state index contributed by atoms with van der Waals surface area (Å²) in [5.74, 6) is 6.43. The van der Waals surface area contributed by atoms with E-state index in [-0.39, 0.29) is 0 Å². The van der Waals surface area contributed by atoms with Crippen molar-refractivity contribution in [1.29, 1.82) is 0 Å². The van der Waals surface area contributed by atoms with Crippen molar-refractivity contribution in [2.75, 3.05) is 0 Å². The van der Waals surface area contributed by atoms with Crippen molar-refractivity contribution in [1.82, 2.24) is 0 Å². The van der Waals surface area contributed by atoms with E-state index >= 15 is 0 Å². The molecule has 0 aliphatic carbocycles. The highest BCUT2D eigenvalue weighted by Gasteiger charge is 1.95. The normalized spacial score (nSPS) is 9.53. The van der Waals surface area contributed by atoms with Gasteiger partial charge in [-0.2, -0.15) is 0 Å². The summed E-state index contributed by atoms with van der Waals surface area (Å²) < 4.78 is 0. The van der Waals surface area contributed by atoms with E-state index in [0.717, 1.165) is 16.5 Å². The van der Waals surface area contributed by atoms with Crippen molar-refractivity contribution < 1.29 is 0 Å². The van der Waals surface area contributed by atoms with Crippen LogP contribution in [0.25, 0.3) is 0 Å². The smallest absolute Gasteiger partial charge is 0.0295 e. The van der Waals surface area contributed by atoms with Gasteiger partial charge in [-0.15, -0.1) is 0 Å². The SMILES string of the molecule is Cc1cccc(C#Cc2ccccc2CBr)c1. The van der Waals surface area contributed by atoms with E-state index in [2.05, 4.69) is 59.0 Å². The van der Waals surface area contributed by atoms with Crippen LogP contribution in [-0.4, -0.2) is 0 Å². The number of benzene rings is 2. The Bertz CT molecular complexity index is 573. The largest absolute Gasteiger partial charge is 0.0876 e. The second-order valence-corrected chi connectivity index (χ2v) is 4.47. The van der Waals surface area contributed by atoms with Crippen LogP contribution < -0.4 is 0 Å². The van der Waals surface area contributed by atoms with E-state index < -0.39 is 0 Å². The molecular formula is C16H13Br. The molecule has 0 amide bonds. The van der Waals surface area contributed by atoms with Crippen LogP contribution in [0.5, 0.6) is 0 Å². The number of halogens is 1. The van der Waals surface area contributed by atoms with E-state index in [1.165, 1.54) is 11.1 Å². The zero-order valence-electron chi connectivity index (χ0n) is 9.70. The molecule has 2 rings (SSSR count). The van der Waals surface area contributed by atoms with Crippen LogP contribution in [0, 0.1) is 18.8 Å². The van der Waals surface area contributed by atoms with Crippen LogP contribution in [0.3, 0.4) is 0 Å². The maximum Gasteiger partial charge on any atom is 0.0295 e.